The summed E-state index contributed by atoms with van der Waals surface area (Å²) in [6, 6.07) is 0. The monoisotopic (exact) mass is 283 g/mol. The third-order valence-corrected chi connectivity index (χ3v) is 4.52. The minimum Gasteiger partial charge on any atom is -0.391 e. The van der Waals surface area contributed by atoms with Crippen LogP contribution in [0.1, 0.15) is 42.7 Å². The van der Waals surface area contributed by atoms with Gasteiger partial charge < -0.3 is 14.9 Å². The summed E-state index contributed by atoms with van der Waals surface area (Å²) in [6.45, 7) is 5.41. The van der Waals surface area contributed by atoms with Crippen LogP contribution in [0.25, 0.3) is 0 Å². The van der Waals surface area contributed by atoms with E-state index in [-0.39, 0.29) is 6.61 Å². The van der Waals surface area contributed by atoms with Gasteiger partial charge in [-0.15, -0.1) is 0 Å². The second kappa shape index (κ2) is 6.68. The maximum Gasteiger partial charge on any atom is 0.185 e. The topological polar surface area (TPSA) is 39.6 Å². The lowest BCUT2D eigenvalue weighted by Gasteiger charge is -2.23. The van der Waals surface area contributed by atoms with Crippen LogP contribution in [0, 0.1) is 0 Å². The Balaban J connectivity index is 2.11. The molecule has 0 unspecified atom stereocenters. The molecule has 0 bridgehead atoms. The lowest BCUT2D eigenvalue weighted by molar-refractivity contribution is 0.284. The van der Waals surface area contributed by atoms with Gasteiger partial charge in [-0.1, -0.05) is 18.3 Å². The fraction of sp³-hybridized carbons (Fsp3) is 0.786. The molecule has 0 aromatic carbocycles. The maximum absolute atomic E-state index is 9.48. The molecule has 1 aromatic heterocycles. The molecule has 5 heteroatoms. The molecule has 0 atom stereocenters. The van der Waals surface area contributed by atoms with Crippen molar-refractivity contribution in [2.45, 2.75) is 38.7 Å². The Morgan fingerprint density at radius 1 is 1.26 bits per heavy atom. The molecule has 19 heavy (non-hydrogen) atoms. The van der Waals surface area contributed by atoms with Crippen LogP contribution in [0.2, 0.25) is 0 Å². The first-order valence-corrected chi connectivity index (χ1v) is 7.97. The number of aliphatic hydroxyl groups excluding tert-OH is 1. The quantitative estimate of drug-likeness (QED) is 0.794. The minimum atomic E-state index is 0.136. The van der Waals surface area contributed by atoms with Crippen molar-refractivity contribution in [3.05, 3.63) is 10.6 Å². The van der Waals surface area contributed by atoms with Crippen LogP contribution in [0.4, 0.5) is 5.13 Å². The zero-order valence-electron chi connectivity index (χ0n) is 12.2. The average molecular weight is 283 g/mol. The van der Waals surface area contributed by atoms with Crippen molar-refractivity contribution in [3.63, 3.8) is 0 Å². The number of thiazole rings is 1. The van der Waals surface area contributed by atoms with E-state index in [0.717, 1.165) is 41.8 Å². The highest BCUT2D eigenvalue weighted by atomic mass is 32.1. The van der Waals surface area contributed by atoms with Crippen LogP contribution in [0.5, 0.6) is 0 Å². The molecule has 0 amide bonds. The lowest BCUT2D eigenvalue weighted by Crippen LogP contribution is -2.32. The summed E-state index contributed by atoms with van der Waals surface area (Å²) in [4.78, 5) is 10.4. The van der Waals surface area contributed by atoms with Crippen molar-refractivity contribution < 1.29 is 5.11 Å². The van der Waals surface area contributed by atoms with Gasteiger partial charge in [0.25, 0.3) is 0 Å². The summed E-state index contributed by atoms with van der Waals surface area (Å²) in [5, 5.41) is 10.6. The second-order valence-corrected chi connectivity index (χ2v) is 6.59. The smallest absolute Gasteiger partial charge is 0.185 e. The molecule has 0 aliphatic heterocycles. The number of aromatic nitrogens is 1. The first kappa shape index (κ1) is 14.8. The molecular formula is C14H25N3OS. The molecular weight excluding hydrogens is 258 g/mol. The van der Waals surface area contributed by atoms with Crippen molar-refractivity contribution >= 4 is 16.5 Å². The summed E-state index contributed by atoms with van der Waals surface area (Å²) in [7, 11) is 4.20. The van der Waals surface area contributed by atoms with Gasteiger partial charge in [0.2, 0.25) is 0 Å². The van der Waals surface area contributed by atoms with Gasteiger partial charge in [-0.2, -0.15) is 0 Å². The Kier molecular flexibility index (Phi) is 5.19. The van der Waals surface area contributed by atoms with Crippen molar-refractivity contribution in [2.75, 3.05) is 38.6 Å². The van der Waals surface area contributed by atoms with Crippen LogP contribution in [-0.4, -0.2) is 48.7 Å². The van der Waals surface area contributed by atoms with Crippen LogP contribution >= 0.6 is 11.3 Å². The number of likely N-dealkylation sites (N-methyl/N-ethyl adjacent to an activating group) is 1. The van der Waals surface area contributed by atoms with Crippen molar-refractivity contribution in [3.8, 4) is 0 Å². The summed E-state index contributed by atoms with van der Waals surface area (Å²) >= 11 is 1.67. The third kappa shape index (κ3) is 3.91. The van der Waals surface area contributed by atoms with Gasteiger partial charge in [-0.25, -0.2) is 4.98 Å². The van der Waals surface area contributed by atoms with E-state index < -0.39 is 0 Å². The summed E-state index contributed by atoms with van der Waals surface area (Å²) in [5.74, 6) is 0.615. The van der Waals surface area contributed by atoms with E-state index in [4.69, 9.17) is 4.98 Å². The maximum atomic E-state index is 9.48. The van der Waals surface area contributed by atoms with Gasteiger partial charge in [0, 0.05) is 25.6 Å². The van der Waals surface area contributed by atoms with Gasteiger partial charge >= 0.3 is 0 Å². The molecule has 4 nitrogen and oxygen atoms in total. The van der Waals surface area contributed by atoms with Gasteiger partial charge in [-0.05, 0) is 33.4 Å². The number of nitrogens with zero attached hydrogens (tertiary/aromatic N) is 3. The molecule has 0 saturated heterocycles. The third-order valence-electron chi connectivity index (χ3n) is 3.41. The fourth-order valence-corrected chi connectivity index (χ4v) is 3.23. The minimum absolute atomic E-state index is 0.136. The van der Waals surface area contributed by atoms with Gasteiger partial charge in [0.15, 0.2) is 5.13 Å². The van der Waals surface area contributed by atoms with Crippen molar-refractivity contribution in [1.82, 2.24) is 9.88 Å². The second-order valence-electron chi connectivity index (χ2n) is 5.53. The highest BCUT2D eigenvalue weighted by Gasteiger charge is 2.30. The predicted octanol–water partition coefficient (Wildman–Crippen LogP) is 2.29. The Labute approximate surface area is 120 Å². The van der Waals surface area contributed by atoms with E-state index in [1.165, 1.54) is 12.8 Å². The summed E-state index contributed by atoms with van der Waals surface area (Å²) in [5.41, 5.74) is 1.16. The van der Waals surface area contributed by atoms with Crippen LogP contribution in [0.3, 0.4) is 0 Å². The number of hydrogen-bond donors (Lipinski definition) is 1. The Morgan fingerprint density at radius 2 is 2.00 bits per heavy atom. The van der Waals surface area contributed by atoms with Crippen LogP contribution in [-0.2, 0) is 6.61 Å². The van der Waals surface area contributed by atoms with E-state index in [2.05, 4.69) is 30.8 Å². The Hall–Kier alpha value is -0.650. The fourth-order valence-electron chi connectivity index (χ4n) is 2.17. The zero-order valence-corrected chi connectivity index (χ0v) is 13.0. The lowest BCUT2D eigenvalue weighted by atomic mass is 10.2. The standard InChI is InChI=1S/C14H25N3OS/c1-4-7-17(9-8-16(2)3)14-15-13(11-5-6-11)12(10-18)19-14/h11,18H,4-10H2,1-3H3. The first-order valence-electron chi connectivity index (χ1n) is 7.15. The molecule has 1 N–H and O–H groups in total. The normalized spacial score (nSPS) is 15.2. The molecule has 108 valence electrons. The first-order chi connectivity index (χ1) is 9.15. The summed E-state index contributed by atoms with van der Waals surface area (Å²) < 4.78 is 0. The van der Waals surface area contributed by atoms with Crippen LogP contribution in [0.15, 0.2) is 0 Å². The van der Waals surface area contributed by atoms with Gasteiger partial charge in [0.05, 0.1) is 17.2 Å². The zero-order chi connectivity index (χ0) is 13.8. The average Bonchev–Trinajstić information content (AvgIpc) is 3.14. The predicted molar refractivity (Wildman–Crippen MR) is 81.1 cm³/mol. The van der Waals surface area contributed by atoms with E-state index in [0.29, 0.717) is 5.92 Å². The van der Waals surface area contributed by atoms with E-state index >= 15 is 0 Å². The van der Waals surface area contributed by atoms with E-state index in [1.807, 2.05) is 0 Å². The van der Waals surface area contributed by atoms with E-state index in [9.17, 15) is 5.11 Å². The largest absolute Gasteiger partial charge is 0.391 e. The Bertz CT molecular complexity index is 401. The molecule has 0 radical (unpaired) electrons. The van der Waals surface area contributed by atoms with Crippen molar-refractivity contribution in [2.24, 2.45) is 0 Å². The molecule has 1 aliphatic carbocycles. The number of hydrogen-bond acceptors (Lipinski definition) is 5. The molecule has 0 spiro atoms. The summed E-state index contributed by atoms with van der Waals surface area (Å²) in [6.07, 6.45) is 3.60. The molecule has 1 saturated carbocycles. The highest BCUT2D eigenvalue weighted by molar-refractivity contribution is 7.15. The van der Waals surface area contributed by atoms with Gasteiger partial charge in [0.1, 0.15) is 0 Å². The number of aliphatic hydroxyl groups is 1. The number of anilines is 1. The van der Waals surface area contributed by atoms with Crippen molar-refractivity contribution in [1.29, 1.82) is 0 Å². The molecule has 1 fully saturated rings. The van der Waals surface area contributed by atoms with E-state index in [1.54, 1.807) is 11.3 Å². The molecule has 1 aromatic rings. The van der Waals surface area contributed by atoms with Gasteiger partial charge in [-0.3, -0.25) is 0 Å². The SMILES string of the molecule is CCCN(CCN(C)C)c1nc(C2CC2)c(CO)s1. The molecule has 2 rings (SSSR count). The number of rotatable bonds is 8. The highest BCUT2D eigenvalue weighted by Crippen LogP contribution is 2.44. The molecule has 1 aliphatic rings. The molecule has 1 heterocycles. The Morgan fingerprint density at radius 3 is 2.53 bits per heavy atom. The van der Waals surface area contributed by atoms with Crippen LogP contribution < -0.4 is 4.90 Å².